The van der Waals surface area contributed by atoms with Crippen LogP contribution in [0.2, 0.25) is 0 Å². The van der Waals surface area contributed by atoms with Crippen LogP contribution in [0.5, 0.6) is 0 Å². The number of aliphatic carboxylic acids is 1. The molecule has 0 aromatic heterocycles. The van der Waals surface area contributed by atoms with Gasteiger partial charge in [-0.15, -0.1) is 0 Å². The quantitative estimate of drug-likeness (QED) is 0.783. The molecule has 3 fully saturated rings. The van der Waals surface area contributed by atoms with Crippen molar-refractivity contribution in [2.24, 2.45) is 5.92 Å². The van der Waals surface area contributed by atoms with Gasteiger partial charge < -0.3 is 10.0 Å². The molecular formula is C16H28N2O2. The Morgan fingerprint density at radius 1 is 1.25 bits per heavy atom. The maximum absolute atomic E-state index is 11.8. The van der Waals surface area contributed by atoms with Crippen LogP contribution in [0.25, 0.3) is 0 Å². The highest BCUT2D eigenvalue weighted by molar-refractivity contribution is 5.79. The van der Waals surface area contributed by atoms with E-state index in [9.17, 15) is 9.90 Å². The first kappa shape index (κ1) is 14.3. The van der Waals surface area contributed by atoms with E-state index in [1.165, 1.54) is 19.3 Å². The zero-order chi connectivity index (χ0) is 14.2. The molecule has 4 heteroatoms. The third-order valence-corrected chi connectivity index (χ3v) is 5.59. The van der Waals surface area contributed by atoms with Crippen LogP contribution >= 0.6 is 0 Å². The van der Waals surface area contributed by atoms with E-state index in [-0.39, 0.29) is 0 Å². The fourth-order valence-electron chi connectivity index (χ4n) is 3.86. The van der Waals surface area contributed by atoms with Gasteiger partial charge in [-0.1, -0.05) is 6.42 Å². The highest BCUT2D eigenvalue weighted by Gasteiger charge is 2.46. The van der Waals surface area contributed by atoms with Crippen LogP contribution in [0.1, 0.15) is 57.8 Å². The summed E-state index contributed by atoms with van der Waals surface area (Å²) in [6, 6.07) is 0.897. The van der Waals surface area contributed by atoms with Crippen molar-refractivity contribution in [1.29, 1.82) is 0 Å². The minimum absolute atomic E-state index is 0.437. The molecular weight excluding hydrogens is 252 g/mol. The molecule has 4 nitrogen and oxygen atoms in total. The van der Waals surface area contributed by atoms with Crippen molar-refractivity contribution < 1.29 is 9.90 Å². The Labute approximate surface area is 121 Å². The molecule has 3 saturated carbocycles. The molecule has 114 valence electrons. The number of rotatable bonds is 6. The summed E-state index contributed by atoms with van der Waals surface area (Å²) in [5.41, 5.74) is -0.655. The number of carbonyl (C=O) groups is 1. The summed E-state index contributed by atoms with van der Waals surface area (Å²) in [5.74, 6) is 0.226. The summed E-state index contributed by atoms with van der Waals surface area (Å²) in [5, 5.41) is 13.2. The van der Waals surface area contributed by atoms with Crippen LogP contribution in [0, 0.1) is 5.92 Å². The molecule has 0 spiro atoms. The Morgan fingerprint density at radius 3 is 2.55 bits per heavy atom. The third-order valence-electron chi connectivity index (χ3n) is 5.59. The first-order valence-corrected chi connectivity index (χ1v) is 8.30. The van der Waals surface area contributed by atoms with Crippen molar-refractivity contribution in [2.45, 2.75) is 75.4 Å². The van der Waals surface area contributed by atoms with Gasteiger partial charge in [0.15, 0.2) is 0 Å². The first-order valence-electron chi connectivity index (χ1n) is 8.30. The topological polar surface area (TPSA) is 52.6 Å². The Hall–Kier alpha value is -0.610. The van der Waals surface area contributed by atoms with Crippen molar-refractivity contribution in [3.8, 4) is 0 Å². The highest BCUT2D eigenvalue weighted by Crippen LogP contribution is 2.36. The standard InChI is InChI=1S/C16H28N2O2/c1-18(11-12-4-2-5-12)14-6-3-9-16(10-14,15(19)20)17-13-7-8-13/h12-14,17H,2-11H2,1H3,(H,19,20). The van der Waals surface area contributed by atoms with Crippen molar-refractivity contribution in [1.82, 2.24) is 10.2 Å². The van der Waals surface area contributed by atoms with Crippen molar-refractivity contribution >= 4 is 5.97 Å². The molecule has 0 radical (unpaired) electrons. The lowest BCUT2D eigenvalue weighted by molar-refractivity contribution is -0.147. The molecule has 2 N–H and O–H groups in total. The average molecular weight is 280 g/mol. The predicted molar refractivity (Wildman–Crippen MR) is 78.8 cm³/mol. The SMILES string of the molecule is CN(CC1CCC1)C1CCCC(NC2CC2)(C(=O)O)C1. The van der Waals surface area contributed by atoms with Crippen molar-refractivity contribution in [2.75, 3.05) is 13.6 Å². The highest BCUT2D eigenvalue weighted by atomic mass is 16.4. The van der Waals surface area contributed by atoms with Gasteiger partial charge in [-0.2, -0.15) is 0 Å². The zero-order valence-electron chi connectivity index (χ0n) is 12.6. The van der Waals surface area contributed by atoms with Crippen LogP contribution in [0.3, 0.4) is 0 Å². The summed E-state index contributed by atoms with van der Waals surface area (Å²) < 4.78 is 0. The second-order valence-electron chi connectivity index (χ2n) is 7.29. The molecule has 2 unspecified atom stereocenters. The van der Waals surface area contributed by atoms with E-state index >= 15 is 0 Å². The molecule has 0 aromatic rings. The molecule has 3 aliphatic rings. The zero-order valence-corrected chi connectivity index (χ0v) is 12.6. The number of nitrogens with zero attached hydrogens (tertiary/aromatic N) is 1. The van der Waals surface area contributed by atoms with Gasteiger partial charge in [-0.25, -0.2) is 0 Å². The second kappa shape index (κ2) is 5.64. The molecule has 0 amide bonds. The Balaban J connectivity index is 1.61. The molecule has 3 aliphatic carbocycles. The van der Waals surface area contributed by atoms with Crippen LogP contribution in [-0.4, -0.2) is 47.2 Å². The van der Waals surface area contributed by atoms with E-state index in [4.69, 9.17) is 0 Å². The van der Waals surface area contributed by atoms with Gasteiger partial charge >= 0.3 is 5.97 Å². The van der Waals surface area contributed by atoms with E-state index in [0.29, 0.717) is 12.1 Å². The summed E-state index contributed by atoms with van der Waals surface area (Å²) in [7, 11) is 2.19. The molecule has 20 heavy (non-hydrogen) atoms. The lowest BCUT2D eigenvalue weighted by Gasteiger charge is -2.43. The maximum atomic E-state index is 11.8. The summed E-state index contributed by atoms with van der Waals surface area (Å²) in [6.07, 6.45) is 10.2. The van der Waals surface area contributed by atoms with Gasteiger partial charge in [-0.05, 0) is 64.3 Å². The molecule has 3 rings (SSSR count). The van der Waals surface area contributed by atoms with Crippen LogP contribution < -0.4 is 5.32 Å². The van der Waals surface area contributed by atoms with Gasteiger partial charge in [-0.3, -0.25) is 10.1 Å². The molecule has 0 aliphatic heterocycles. The number of nitrogens with one attached hydrogen (secondary N) is 1. The average Bonchev–Trinajstić information content (AvgIpc) is 3.17. The van der Waals surface area contributed by atoms with Crippen LogP contribution in [-0.2, 0) is 4.79 Å². The van der Waals surface area contributed by atoms with Gasteiger partial charge in [0.2, 0.25) is 0 Å². The molecule has 0 bridgehead atoms. The minimum atomic E-state index is -0.655. The smallest absolute Gasteiger partial charge is 0.323 e. The van der Waals surface area contributed by atoms with Crippen molar-refractivity contribution in [3.63, 3.8) is 0 Å². The van der Waals surface area contributed by atoms with Gasteiger partial charge in [0, 0.05) is 18.6 Å². The minimum Gasteiger partial charge on any atom is -0.480 e. The Bertz CT molecular complexity index is 365. The summed E-state index contributed by atoms with van der Waals surface area (Å²) in [6.45, 7) is 1.16. The lowest BCUT2D eigenvalue weighted by atomic mass is 9.77. The fourth-order valence-corrected chi connectivity index (χ4v) is 3.86. The monoisotopic (exact) mass is 280 g/mol. The first-order chi connectivity index (χ1) is 9.59. The van der Waals surface area contributed by atoms with E-state index in [0.717, 1.165) is 51.0 Å². The Morgan fingerprint density at radius 2 is 2.00 bits per heavy atom. The van der Waals surface area contributed by atoms with E-state index in [1.54, 1.807) is 0 Å². The predicted octanol–water partition coefficient (Wildman–Crippen LogP) is 2.24. The van der Waals surface area contributed by atoms with Crippen molar-refractivity contribution in [3.05, 3.63) is 0 Å². The Kier molecular flexibility index (Phi) is 4.04. The molecule has 0 heterocycles. The second-order valence-corrected chi connectivity index (χ2v) is 7.29. The van der Waals surface area contributed by atoms with E-state index < -0.39 is 11.5 Å². The largest absolute Gasteiger partial charge is 0.480 e. The van der Waals surface area contributed by atoms with E-state index in [1.807, 2.05) is 0 Å². The van der Waals surface area contributed by atoms with Crippen LogP contribution in [0.4, 0.5) is 0 Å². The van der Waals surface area contributed by atoms with E-state index in [2.05, 4.69) is 17.3 Å². The number of carboxylic acid groups (broad SMARTS) is 1. The number of hydrogen-bond acceptors (Lipinski definition) is 3. The summed E-state index contributed by atoms with van der Waals surface area (Å²) >= 11 is 0. The maximum Gasteiger partial charge on any atom is 0.323 e. The molecule has 0 aromatic carbocycles. The molecule has 0 saturated heterocycles. The molecule has 2 atom stereocenters. The fraction of sp³-hybridized carbons (Fsp3) is 0.938. The normalized spacial score (nSPS) is 35.0. The van der Waals surface area contributed by atoms with Gasteiger partial charge in [0.1, 0.15) is 5.54 Å². The summed E-state index contributed by atoms with van der Waals surface area (Å²) in [4.78, 5) is 14.3. The van der Waals surface area contributed by atoms with Gasteiger partial charge in [0.25, 0.3) is 0 Å². The number of carboxylic acids is 1. The lowest BCUT2D eigenvalue weighted by Crippen LogP contribution is -2.59. The van der Waals surface area contributed by atoms with Crippen LogP contribution in [0.15, 0.2) is 0 Å². The van der Waals surface area contributed by atoms with Gasteiger partial charge in [0.05, 0.1) is 0 Å². The third kappa shape index (κ3) is 3.01. The number of hydrogen-bond donors (Lipinski definition) is 2.